The number of hydrogen-bond donors (Lipinski definition) is 0. The van der Waals surface area contributed by atoms with Crippen LogP contribution < -0.4 is 0 Å². The van der Waals surface area contributed by atoms with E-state index in [4.69, 9.17) is 4.98 Å². The zero-order chi connectivity index (χ0) is 21.5. The van der Waals surface area contributed by atoms with Gasteiger partial charge in [0.25, 0.3) is 5.91 Å². The Kier molecular flexibility index (Phi) is 4.69. The minimum absolute atomic E-state index is 0.0555. The van der Waals surface area contributed by atoms with Gasteiger partial charge in [-0.2, -0.15) is 0 Å². The maximum atomic E-state index is 13.8. The van der Waals surface area contributed by atoms with Gasteiger partial charge in [0.15, 0.2) is 5.65 Å². The first-order valence-electron chi connectivity index (χ1n) is 10.8. The number of thiophene rings is 1. The third kappa shape index (κ3) is 3.26. The van der Waals surface area contributed by atoms with Crippen LogP contribution in [0.25, 0.3) is 27.1 Å². The number of aromatic nitrogens is 4. The van der Waals surface area contributed by atoms with Gasteiger partial charge in [0.2, 0.25) is 0 Å². The number of pyridine rings is 2. The molecule has 0 saturated carbocycles. The van der Waals surface area contributed by atoms with Crippen LogP contribution >= 0.6 is 11.3 Å². The molecule has 5 heterocycles. The van der Waals surface area contributed by atoms with Gasteiger partial charge in [0.05, 0.1) is 21.7 Å². The molecular formula is C25H21N5OS. The molecule has 158 valence electrons. The number of benzene rings is 1. The van der Waals surface area contributed by atoms with Crippen molar-refractivity contribution < 1.29 is 4.79 Å². The number of nitrogens with zero attached hydrogens (tertiary/aromatic N) is 5. The fraction of sp³-hybridized carbons (Fsp3) is 0.200. The van der Waals surface area contributed by atoms with Crippen molar-refractivity contribution in [1.82, 2.24) is 24.5 Å². The van der Waals surface area contributed by atoms with E-state index < -0.39 is 0 Å². The minimum Gasteiger partial charge on any atom is -0.338 e. The summed E-state index contributed by atoms with van der Waals surface area (Å²) in [6.07, 6.45) is 3.94. The Balaban J connectivity index is 1.37. The van der Waals surface area contributed by atoms with Crippen LogP contribution in [0, 0.1) is 0 Å². The Morgan fingerprint density at radius 2 is 1.94 bits per heavy atom. The Bertz CT molecular complexity index is 1430. The van der Waals surface area contributed by atoms with Gasteiger partial charge in [-0.1, -0.05) is 30.3 Å². The van der Waals surface area contributed by atoms with Crippen molar-refractivity contribution in [2.75, 3.05) is 13.1 Å². The van der Waals surface area contributed by atoms with Gasteiger partial charge < -0.3 is 4.90 Å². The largest absolute Gasteiger partial charge is 0.338 e. The Morgan fingerprint density at radius 3 is 2.84 bits per heavy atom. The second-order valence-electron chi connectivity index (χ2n) is 8.13. The lowest BCUT2D eigenvalue weighted by Gasteiger charge is -2.32. The lowest BCUT2D eigenvalue weighted by molar-refractivity contribution is 0.0706. The molecule has 6 nitrogen and oxygen atoms in total. The van der Waals surface area contributed by atoms with Gasteiger partial charge in [0.1, 0.15) is 5.82 Å². The summed E-state index contributed by atoms with van der Waals surface area (Å²) in [6.45, 7) is 1.39. The van der Waals surface area contributed by atoms with Crippen molar-refractivity contribution in [3.63, 3.8) is 0 Å². The van der Waals surface area contributed by atoms with Crippen LogP contribution in [-0.2, 0) is 0 Å². The molecule has 6 rings (SSSR count). The van der Waals surface area contributed by atoms with E-state index in [0.29, 0.717) is 12.1 Å². The molecule has 1 fully saturated rings. The van der Waals surface area contributed by atoms with E-state index in [9.17, 15) is 4.79 Å². The zero-order valence-corrected chi connectivity index (χ0v) is 18.2. The number of piperidine rings is 1. The Morgan fingerprint density at radius 1 is 1.03 bits per heavy atom. The molecule has 0 aliphatic carbocycles. The maximum Gasteiger partial charge on any atom is 0.254 e. The van der Waals surface area contributed by atoms with Gasteiger partial charge in [0, 0.05) is 30.6 Å². The van der Waals surface area contributed by atoms with Gasteiger partial charge in [-0.3, -0.25) is 9.20 Å². The fourth-order valence-electron chi connectivity index (χ4n) is 4.58. The number of carbonyl (C=O) groups excluding carboxylic acids is 1. The Labute approximate surface area is 189 Å². The first-order chi connectivity index (χ1) is 15.8. The highest BCUT2D eigenvalue weighted by Crippen LogP contribution is 2.31. The molecule has 1 aromatic carbocycles. The van der Waals surface area contributed by atoms with E-state index in [2.05, 4.69) is 10.2 Å². The summed E-state index contributed by atoms with van der Waals surface area (Å²) < 4.78 is 2.04. The molecule has 32 heavy (non-hydrogen) atoms. The van der Waals surface area contributed by atoms with Crippen LogP contribution in [-0.4, -0.2) is 43.5 Å². The molecule has 4 aromatic heterocycles. The predicted octanol–water partition coefficient (Wildman–Crippen LogP) is 5.03. The highest BCUT2D eigenvalue weighted by Gasteiger charge is 2.29. The topological polar surface area (TPSA) is 63.4 Å². The predicted molar refractivity (Wildman–Crippen MR) is 126 cm³/mol. The van der Waals surface area contributed by atoms with Gasteiger partial charge in [-0.05, 0) is 48.6 Å². The normalized spacial score (nSPS) is 16.6. The molecular weight excluding hydrogens is 418 g/mol. The molecule has 1 unspecified atom stereocenters. The van der Waals surface area contributed by atoms with Crippen molar-refractivity contribution in [2.24, 2.45) is 0 Å². The average molecular weight is 440 g/mol. The van der Waals surface area contributed by atoms with Crippen LogP contribution in [0.3, 0.4) is 0 Å². The van der Waals surface area contributed by atoms with E-state index in [1.165, 1.54) is 0 Å². The van der Waals surface area contributed by atoms with Crippen molar-refractivity contribution in [2.45, 2.75) is 18.8 Å². The maximum absolute atomic E-state index is 13.8. The van der Waals surface area contributed by atoms with Gasteiger partial charge in [-0.25, -0.2) is 4.98 Å². The van der Waals surface area contributed by atoms with E-state index >= 15 is 0 Å². The smallest absolute Gasteiger partial charge is 0.254 e. The second-order valence-corrected chi connectivity index (χ2v) is 9.07. The lowest BCUT2D eigenvalue weighted by Crippen LogP contribution is -2.39. The van der Waals surface area contributed by atoms with E-state index in [1.54, 1.807) is 11.3 Å². The summed E-state index contributed by atoms with van der Waals surface area (Å²) in [4.78, 5) is 21.6. The molecule has 1 atom stereocenters. The number of rotatable bonds is 3. The molecule has 1 aliphatic rings. The van der Waals surface area contributed by atoms with Gasteiger partial charge in [-0.15, -0.1) is 21.5 Å². The van der Waals surface area contributed by atoms with Crippen LogP contribution in [0.15, 0.2) is 72.2 Å². The van der Waals surface area contributed by atoms with Crippen molar-refractivity contribution in [1.29, 1.82) is 0 Å². The van der Waals surface area contributed by atoms with Crippen LogP contribution in [0.5, 0.6) is 0 Å². The molecule has 7 heteroatoms. The molecule has 0 radical (unpaired) electrons. The van der Waals surface area contributed by atoms with Crippen LogP contribution in [0.4, 0.5) is 0 Å². The third-order valence-electron chi connectivity index (χ3n) is 6.13. The number of carbonyl (C=O) groups is 1. The minimum atomic E-state index is 0.0555. The zero-order valence-electron chi connectivity index (χ0n) is 17.4. The fourth-order valence-corrected chi connectivity index (χ4v) is 5.27. The number of likely N-dealkylation sites (tertiary alicyclic amines) is 1. The lowest BCUT2D eigenvalue weighted by atomic mass is 9.96. The van der Waals surface area contributed by atoms with Crippen molar-refractivity contribution in [3.8, 4) is 10.6 Å². The average Bonchev–Trinajstić information content (AvgIpc) is 3.53. The standard InChI is InChI=1S/C25H21N5OS/c31-25(19-15-21(22-10-6-14-32-22)26-20-9-2-1-8-18(19)20)29-12-5-7-17(16-29)24-28-27-23-11-3-4-13-30(23)24/h1-4,6,8-11,13-15,17H,5,7,12,16H2. The summed E-state index contributed by atoms with van der Waals surface area (Å²) in [5.74, 6) is 1.15. The van der Waals surface area contributed by atoms with Crippen LogP contribution in [0.1, 0.15) is 34.9 Å². The summed E-state index contributed by atoms with van der Waals surface area (Å²) in [5.41, 5.74) is 3.25. The van der Waals surface area contributed by atoms with E-state index in [0.717, 1.165) is 52.3 Å². The van der Waals surface area contributed by atoms with Gasteiger partial charge >= 0.3 is 0 Å². The summed E-state index contributed by atoms with van der Waals surface area (Å²) >= 11 is 1.63. The quantitative estimate of drug-likeness (QED) is 0.396. The molecule has 0 bridgehead atoms. The summed E-state index contributed by atoms with van der Waals surface area (Å²) in [5, 5.41) is 11.7. The molecule has 0 N–H and O–H groups in total. The van der Waals surface area contributed by atoms with Crippen molar-refractivity contribution >= 4 is 33.8 Å². The summed E-state index contributed by atoms with van der Waals surface area (Å²) in [6, 6.07) is 19.8. The highest BCUT2D eigenvalue weighted by molar-refractivity contribution is 7.13. The van der Waals surface area contributed by atoms with E-state index in [1.807, 2.05) is 81.5 Å². The summed E-state index contributed by atoms with van der Waals surface area (Å²) in [7, 11) is 0. The third-order valence-corrected chi connectivity index (χ3v) is 7.03. The number of para-hydroxylation sites is 1. The van der Waals surface area contributed by atoms with E-state index in [-0.39, 0.29) is 11.8 Å². The molecule has 1 saturated heterocycles. The first-order valence-corrected chi connectivity index (χ1v) is 11.7. The molecule has 5 aromatic rings. The van der Waals surface area contributed by atoms with Crippen molar-refractivity contribution in [3.05, 3.63) is 83.6 Å². The first kappa shape index (κ1) is 19.1. The second kappa shape index (κ2) is 7.84. The number of fused-ring (bicyclic) bond motifs is 2. The number of amides is 1. The molecule has 1 amide bonds. The van der Waals surface area contributed by atoms with Crippen LogP contribution in [0.2, 0.25) is 0 Å². The highest BCUT2D eigenvalue weighted by atomic mass is 32.1. The SMILES string of the molecule is O=C(c1cc(-c2cccs2)nc2ccccc12)N1CCCC(c2nnc3ccccn23)C1. The Hall–Kier alpha value is -3.58. The number of hydrogen-bond acceptors (Lipinski definition) is 5. The molecule has 0 spiro atoms. The monoisotopic (exact) mass is 439 g/mol. The molecule has 1 aliphatic heterocycles.